The molecular weight excluding hydrogens is 274 g/mol. The van der Waals surface area contributed by atoms with Gasteiger partial charge in [0, 0.05) is 12.6 Å². The van der Waals surface area contributed by atoms with Crippen molar-refractivity contribution in [3.8, 4) is 0 Å². The Bertz CT molecular complexity index is 568. The second kappa shape index (κ2) is 7.56. The lowest BCUT2D eigenvalue weighted by molar-refractivity contribution is -0.140. The zero-order chi connectivity index (χ0) is 16.0. The van der Waals surface area contributed by atoms with Crippen molar-refractivity contribution < 1.29 is 14.7 Å². The largest absolute Gasteiger partial charge is 0.480 e. The first-order chi connectivity index (χ1) is 9.90. The smallest absolute Gasteiger partial charge is 0.326 e. The van der Waals surface area contributed by atoms with Crippen LogP contribution in [0.4, 0.5) is 0 Å². The summed E-state index contributed by atoms with van der Waals surface area (Å²) in [5, 5.41) is 15.6. The summed E-state index contributed by atoms with van der Waals surface area (Å²) in [5.41, 5.74) is -0.247. The second-order valence-corrected chi connectivity index (χ2v) is 4.95. The Kier molecular flexibility index (Phi) is 6.08. The molecule has 0 aromatic carbocycles. The van der Waals surface area contributed by atoms with Gasteiger partial charge < -0.3 is 10.4 Å². The van der Waals surface area contributed by atoms with E-state index in [1.807, 2.05) is 13.8 Å². The number of rotatable bonds is 7. The van der Waals surface area contributed by atoms with E-state index >= 15 is 0 Å². The third kappa shape index (κ3) is 4.40. The van der Waals surface area contributed by atoms with Gasteiger partial charge in [-0.1, -0.05) is 27.2 Å². The van der Waals surface area contributed by atoms with E-state index in [4.69, 9.17) is 5.11 Å². The van der Waals surface area contributed by atoms with E-state index in [-0.39, 0.29) is 17.2 Å². The highest BCUT2D eigenvalue weighted by atomic mass is 16.4. The summed E-state index contributed by atoms with van der Waals surface area (Å²) in [7, 11) is 0. The second-order valence-electron chi connectivity index (χ2n) is 4.95. The predicted octanol–water partition coefficient (Wildman–Crippen LogP) is 0.882. The quantitative estimate of drug-likeness (QED) is 0.777. The van der Waals surface area contributed by atoms with Crippen molar-refractivity contribution in [3.63, 3.8) is 0 Å². The van der Waals surface area contributed by atoms with E-state index in [0.29, 0.717) is 19.4 Å². The van der Waals surface area contributed by atoms with Gasteiger partial charge in [-0.05, 0) is 18.4 Å². The third-order valence-electron chi connectivity index (χ3n) is 3.30. The average Bonchev–Trinajstić information content (AvgIpc) is 2.45. The van der Waals surface area contributed by atoms with Crippen LogP contribution in [-0.4, -0.2) is 32.8 Å². The van der Waals surface area contributed by atoms with Gasteiger partial charge in [-0.15, -0.1) is 0 Å². The van der Waals surface area contributed by atoms with Gasteiger partial charge in [-0.3, -0.25) is 9.59 Å². The number of aliphatic carboxylic acids is 1. The number of nitrogens with one attached hydrogen (secondary N) is 1. The van der Waals surface area contributed by atoms with Crippen LogP contribution < -0.4 is 10.9 Å². The van der Waals surface area contributed by atoms with E-state index in [9.17, 15) is 14.4 Å². The van der Waals surface area contributed by atoms with Gasteiger partial charge in [0.15, 0.2) is 0 Å². The number of aromatic nitrogens is 2. The Morgan fingerprint density at radius 3 is 2.57 bits per heavy atom. The Hall–Kier alpha value is -2.18. The van der Waals surface area contributed by atoms with Gasteiger partial charge in [0.1, 0.15) is 11.7 Å². The highest BCUT2D eigenvalue weighted by molar-refractivity contribution is 5.94. The van der Waals surface area contributed by atoms with E-state index in [1.54, 1.807) is 6.92 Å². The number of carbonyl (C=O) groups is 2. The Morgan fingerprint density at radius 2 is 2.05 bits per heavy atom. The van der Waals surface area contributed by atoms with E-state index in [1.165, 1.54) is 16.8 Å². The molecule has 0 aliphatic rings. The van der Waals surface area contributed by atoms with Crippen LogP contribution in [0.25, 0.3) is 0 Å². The molecule has 1 unspecified atom stereocenters. The Labute approximate surface area is 123 Å². The molecule has 1 heterocycles. The summed E-state index contributed by atoms with van der Waals surface area (Å²) >= 11 is 0. The van der Waals surface area contributed by atoms with Crippen molar-refractivity contribution in [1.29, 1.82) is 0 Å². The van der Waals surface area contributed by atoms with Crippen molar-refractivity contribution in [1.82, 2.24) is 15.1 Å². The van der Waals surface area contributed by atoms with Crippen molar-refractivity contribution in [2.45, 2.75) is 46.2 Å². The Balaban J connectivity index is 2.95. The molecule has 1 aromatic rings. The Morgan fingerprint density at radius 1 is 1.38 bits per heavy atom. The molecule has 21 heavy (non-hydrogen) atoms. The number of nitrogens with zero attached hydrogens (tertiary/aromatic N) is 2. The van der Waals surface area contributed by atoms with E-state index < -0.39 is 17.9 Å². The molecule has 116 valence electrons. The maximum Gasteiger partial charge on any atom is 0.326 e. The van der Waals surface area contributed by atoms with Crippen molar-refractivity contribution >= 4 is 11.9 Å². The highest BCUT2D eigenvalue weighted by Crippen LogP contribution is 2.08. The summed E-state index contributed by atoms with van der Waals surface area (Å²) in [4.78, 5) is 34.8. The number of amides is 1. The summed E-state index contributed by atoms with van der Waals surface area (Å²) in [6.07, 6.45) is 1.34. The molecule has 1 amide bonds. The minimum Gasteiger partial charge on any atom is -0.480 e. The van der Waals surface area contributed by atoms with Gasteiger partial charge >= 0.3 is 5.97 Å². The first-order valence-electron chi connectivity index (χ1n) is 7.02. The minimum atomic E-state index is -1.08. The zero-order valence-electron chi connectivity index (χ0n) is 12.5. The van der Waals surface area contributed by atoms with Gasteiger partial charge in [-0.25, -0.2) is 9.48 Å². The lowest BCUT2D eigenvalue weighted by Crippen LogP contribution is -2.45. The lowest BCUT2D eigenvalue weighted by atomic mass is 9.99. The highest BCUT2D eigenvalue weighted by Gasteiger charge is 2.26. The number of hydrogen-bond donors (Lipinski definition) is 2. The molecule has 0 radical (unpaired) electrons. The van der Waals surface area contributed by atoms with Crippen LogP contribution in [0.2, 0.25) is 0 Å². The van der Waals surface area contributed by atoms with Gasteiger partial charge in [0.05, 0.1) is 0 Å². The van der Waals surface area contributed by atoms with Crippen molar-refractivity contribution in [3.05, 3.63) is 28.2 Å². The van der Waals surface area contributed by atoms with E-state index in [0.717, 1.165) is 0 Å². The normalized spacial score (nSPS) is 13.5. The monoisotopic (exact) mass is 295 g/mol. The summed E-state index contributed by atoms with van der Waals surface area (Å²) in [6, 6.07) is 1.59. The van der Waals surface area contributed by atoms with Crippen molar-refractivity contribution in [2.75, 3.05) is 0 Å². The minimum absolute atomic E-state index is 0.0394. The third-order valence-corrected chi connectivity index (χ3v) is 3.30. The summed E-state index contributed by atoms with van der Waals surface area (Å²) in [6.45, 7) is 5.91. The SMILES string of the molecule is CCCn1nc(C(=O)N[C@H](C(=O)O)C(C)CC)ccc1=O. The van der Waals surface area contributed by atoms with Crippen LogP contribution in [0.5, 0.6) is 0 Å². The number of aryl methyl sites for hydroxylation is 1. The van der Waals surface area contributed by atoms with Crippen LogP contribution in [0.3, 0.4) is 0 Å². The molecule has 0 saturated heterocycles. The maximum absolute atomic E-state index is 12.1. The van der Waals surface area contributed by atoms with Crippen LogP contribution in [0.15, 0.2) is 16.9 Å². The topological polar surface area (TPSA) is 101 Å². The fourth-order valence-corrected chi connectivity index (χ4v) is 1.84. The molecular formula is C14H21N3O4. The summed E-state index contributed by atoms with van der Waals surface area (Å²) < 4.78 is 1.20. The zero-order valence-corrected chi connectivity index (χ0v) is 12.5. The van der Waals surface area contributed by atoms with Crippen LogP contribution in [0.1, 0.15) is 44.1 Å². The molecule has 0 bridgehead atoms. The van der Waals surface area contributed by atoms with Gasteiger partial charge in [-0.2, -0.15) is 5.10 Å². The molecule has 1 aromatic heterocycles. The average molecular weight is 295 g/mol. The molecule has 1 rings (SSSR count). The number of carboxylic acids is 1. The fourth-order valence-electron chi connectivity index (χ4n) is 1.84. The molecule has 0 fully saturated rings. The predicted molar refractivity (Wildman–Crippen MR) is 77.1 cm³/mol. The molecule has 0 spiro atoms. The molecule has 7 heteroatoms. The first kappa shape index (κ1) is 16.9. The number of carboxylic acid groups (broad SMARTS) is 1. The molecule has 0 aliphatic heterocycles. The van der Waals surface area contributed by atoms with Gasteiger partial charge in [0.2, 0.25) is 0 Å². The van der Waals surface area contributed by atoms with E-state index in [2.05, 4.69) is 10.4 Å². The lowest BCUT2D eigenvalue weighted by Gasteiger charge is -2.19. The fraction of sp³-hybridized carbons (Fsp3) is 0.571. The maximum atomic E-state index is 12.1. The van der Waals surface area contributed by atoms with Crippen LogP contribution >= 0.6 is 0 Å². The first-order valence-corrected chi connectivity index (χ1v) is 7.02. The molecule has 7 nitrogen and oxygen atoms in total. The standard InChI is InChI=1S/C14H21N3O4/c1-4-8-17-11(18)7-6-10(16-17)13(19)15-12(14(20)21)9(3)5-2/h6-7,9,12H,4-5,8H2,1-3H3,(H,15,19)(H,20,21)/t9?,12-/m0/s1. The van der Waals surface area contributed by atoms with Crippen LogP contribution in [0, 0.1) is 5.92 Å². The summed E-state index contributed by atoms with van der Waals surface area (Å²) in [5.74, 6) is -1.87. The molecule has 2 atom stereocenters. The van der Waals surface area contributed by atoms with Crippen molar-refractivity contribution in [2.24, 2.45) is 5.92 Å². The number of hydrogen-bond acceptors (Lipinski definition) is 4. The number of carbonyl (C=O) groups excluding carboxylic acids is 1. The molecule has 0 saturated carbocycles. The van der Waals surface area contributed by atoms with Crippen LogP contribution in [-0.2, 0) is 11.3 Å². The van der Waals surface area contributed by atoms with Gasteiger partial charge in [0.25, 0.3) is 11.5 Å². The molecule has 0 aliphatic carbocycles. The molecule has 2 N–H and O–H groups in total.